The molecule has 0 saturated carbocycles. The monoisotopic (exact) mass is 637 g/mol. The van der Waals surface area contributed by atoms with Crippen molar-refractivity contribution >= 4 is 35.1 Å². The molecule has 0 radical (unpaired) electrons. The topological polar surface area (TPSA) is 115 Å². The quantitative estimate of drug-likeness (QED) is 0.289. The predicted molar refractivity (Wildman–Crippen MR) is 157 cm³/mol. The first-order valence-electron chi connectivity index (χ1n) is 13.7. The van der Waals surface area contributed by atoms with Crippen LogP contribution in [0.4, 0.5) is 35.4 Å². The summed E-state index contributed by atoms with van der Waals surface area (Å²) in [6.07, 6.45) is -4.23. The summed E-state index contributed by atoms with van der Waals surface area (Å²) >= 11 is 6.09. The summed E-state index contributed by atoms with van der Waals surface area (Å²) in [6.45, 7) is 4.87. The van der Waals surface area contributed by atoms with Gasteiger partial charge in [0.25, 0.3) is 0 Å². The summed E-state index contributed by atoms with van der Waals surface area (Å²) in [5.74, 6) is 1.04. The van der Waals surface area contributed by atoms with Gasteiger partial charge in [0, 0.05) is 61.8 Å². The lowest BCUT2D eigenvalue weighted by molar-refractivity contribution is -0.246. The molecule has 238 valence electrons. The van der Waals surface area contributed by atoms with Crippen molar-refractivity contribution < 1.29 is 37.3 Å². The minimum atomic E-state index is -4.63. The number of nitrogens with one attached hydrogen (secondary N) is 1. The molecule has 2 heterocycles. The molecule has 2 aromatic carbocycles. The summed E-state index contributed by atoms with van der Waals surface area (Å²) in [5.41, 5.74) is -0.589. The van der Waals surface area contributed by atoms with Crippen molar-refractivity contribution in [3.8, 4) is 17.2 Å². The number of piperazine rings is 1. The van der Waals surface area contributed by atoms with Crippen LogP contribution in [0.2, 0.25) is 5.02 Å². The van der Waals surface area contributed by atoms with Crippen molar-refractivity contribution in [3.05, 3.63) is 58.7 Å². The molecule has 1 saturated heterocycles. The highest BCUT2D eigenvalue weighted by atomic mass is 35.5. The number of amides is 1. The van der Waals surface area contributed by atoms with Gasteiger partial charge in [-0.1, -0.05) is 11.6 Å². The zero-order valence-electron chi connectivity index (χ0n) is 24.5. The van der Waals surface area contributed by atoms with Gasteiger partial charge < -0.3 is 44.1 Å². The lowest BCUT2D eigenvalue weighted by Crippen LogP contribution is -2.44. The van der Waals surface area contributed by atoms with Gasteiger partial charge in [0.1, 0.15) is 11.9 Å². The van der Waals surface area contributed by atoms with Crippen LogP contribution in [0.3, 0.4) is 0 Å². The molecule has 0 bridgehead atoms. The van der Waals surface area contributed by atoms with E-state index >= 15 is 0 Å². The molecule has 1 aliphatic rings. The number of carbonyl (C=O) groups is 1. The Hall–Kier alpha value is -4.01. The standard InChI is InChI=1S/C29H34ClF3N6O5/c1-37-10-12-38(13-11-37)9-4-14-44-24-17-21(16-23(42-2)26(24)43-3)35-27-34-8-7-25(36-27)39(28(40)41)18-19-15-20(29(31,32)33)5-6-22(19)30/h5-8,15-17H,4,9-14,18H2,1-3H3,(H,40,41)(H,34,35,36)/p-1. The maximum atomic E-state index is 13.2. The number of likely N-dealkylation sites (N-methyl/N-ethyl adjacent to an activating group) is 1. The van der Waals surface area contributed by atoms with Gasteiger partial charge in [-0.05, 0) is 43.3 Å². The van der Waals surface area contributed by atoms with Crippen LogP contribution in [0.15, 0.2) is 42.6 Å². The number of hydrogen-bond acceptors (Lipinski definition) is 10. The second kappa shape index (κ2) is 14.6. The number of aromatic nitrogens is 2. The third kappa shape index (κ3) is 8.55. The van der Waals surface area contributed by atoms with Gasteiger partial charge in [0.2, 0.25) is 11.7 Å². The fraction of sp³-hybridized carbons (Fsp3) is 0.414. The van der Waals surface area contributed by atoms with E-state index in [0.717, 1.165) is 57.3 Å². The van der Waals surface area contributed by atoms with E-state index in [1.165, 1.54) is 26.5 Å². The third-order valence-corrected chi connectivity index (χ3v) is 7.38. The Morgan fingerprint density at radius 2 is 1.82 bits per heavy atom. The Morgan fingerprint density at radius 3 is 2.48 bits per heavy atom. The van der Waals surface area contributed by atoms with Gasteiger partial charge in [0.15, 0.2) is 11.5 Å². The SMILES string of the molecule is COc1cc(Nc2nccc(N(Cc3cc(C(F)(F)F)ccc3Cl)C(=O)[O-])n2)cc(OCCCN2CCN(C)CC2)c1OC. The number of benzene rings is 2. The highest BCUT2D eigenvalue weighted by molar-refractivity contribution is 6.31. The molecule has 3 aromatic rings. The second-order valence-electron chi connectivity index (χ2n) is 10.1. The molecule has 0 unspecified atom stereocenters. The summed E-state index contributed by atoms with van der Waals surface area (Å²) in [5, 5.41) is 15.0. The zero-order chi connectivity index (χ0) is 31.9. The first-order chi connectivity index (χ1) is 21.0. The van der Waals surface area contributed by atoms with E-state index in [1.807, 2.05) is 0 Å². The first-order valence-corrected chi connectivity index (χ1v) is 14.1. The number of methoxy groups -OCH3 is 2. The molecule has 1 aromatic heterocycles. The Bertz CT molecular complexity index is 1440. The number of anilines is 3. The number of alkyl halides is 3. The van der Waals surface area contributed by atoms with Gasteiger partial charge in [-0.2, -0.15) is 18.2 Å². The van der Waals surface area contributed by atoms with E-state index < -0.39 is 24.4 Å². The molecular weight excluding hydrogens is 605 g/mol. The number of rotatable bonds is 12. The van der Waals surface area contributed by atoms with E-state index in [2.05, 4.69) is 32.1 Å². The molecule has 1 N–H and O–H groups in total. The van der Waals surface area contributed by atoms with E-state index in [0.29, 0.717) is 34.4 Å². The fourth-order valence-corrected chi connectivity index (χ4v) is 4.80. The van der Waals surface area contributed by atoms with Crippen molar-refractivity contribution in [2.45, 2.75) is 19.1 Å². The van der Waals surface area contributed by atoms with Crippen LogP contribution in [0.5, 0.6) is 17.2 Å². The minimum absolute atomic E-state index is 0.00266. The lowest BCUT2D eigenvalue weighted by Gasteiger charge is -2.32. The third-order valence-electron chi connectivity index (χ3n) is 7.01. The summed E-state index contributed by atoms with van der Waals surface area (Å²) in [6, 6.07) is 7.25. The number of hydrogen-bond donors (Lipinski definition) is 1. The van der Waals surface area contributed by atoms with E-state index in [9.17, 15) is 23.1 Å². The first kappa shape index (κ1) is 32.9. The molecule has 0 atom stereocenters. The van der Waals surface area contributed by atoms with Crippen molar-refractivity contribution in [1.82, 2.24) is 19.8 Å². The number of ether oxygens (including phenoxy) is 3. The van der Waals surface area contributed by atoms with E-state index in [1.54, 1.807) is 12.1 Å². The summed E-state index contributed by atoms with van der Waals surface area (Å²) in [7, 11) is 5.09. The average Bonchev–Trinajstić information content (AvgIpc) is 2.98. The molecular formula is C29H33ClF3N6O5-. The number of halogens is 4. The Kier molecular flexibility index (Phi) is 10.9. The van der Waals surface area contributed by atoms with E-state index in [-0.39, 0.29) is 22.4 Å². The molecule has 11 nitrogen and oxygen atoms in total. The normalized spacial score (nSPS) is 14.2. The van der Waals surface area contributed by atoms with Crippen LogP contribution in [0, 0.1) is 0 Å². The minimum Gasteiger partial charge on any atom is -0.530 e. The second-order valence-corrected chi connectivity index (χ2v) is 10.5. The van der Waals surface area contributed by atoms with Crippen molar-refractivity contribution in [2.75, 3.05) is 70.8 Å². The molecule has 44 heavy (non-hydrogen) atoms. The van der Waals surface area contributed by atoms with Crippen molar-refractivity contribution in [2.24, 2.45) is 0 Å². The van der Waals surface area contributed by atoms with Crippen LogP contribution in [-0.2, 0) is 12.7 Å². The molecule has 1 aliphatic heterocycles. The molecule has 0 spiro atoms. The molecule has 1 amide bonds. The van der Waals surface area contributed by atoms with E-state index in [4.69, 9.17) is 25.8 Å². The Labute approximate surface area is 258 Å². The van der Waals surface area contributed by atoms with Gasteiger partial charge in [-0.25, -0.2) is 4.98 Å². The van der Waals surface area contributed by atoms with Crippen molar-refractivity contribution in [1.29, 1.82) is 0 Å². The van der Waals surface area contributed by atoms with Crippen LogP contribution in [0.1, 0.15) is 17.5 Å². The van der Waals surface area contributed by atoms with Crippen LogP contribution in [-0.4, -0.2) is 86.5 Å². The summed E-state index contributed by atoms with van der Waals surface area (Å²) in [4.78, 5) is 25.8. The highest BCUT2D eigenvalue weighted by Gasteiger charge is 2.31. The number of carboxylic acid groups (broad SMARTS) is 1. The molecule has 0 aliphatic carbocycles. The maximum absolute atomic E-state index is 13.2. The summed E-state index contributed by atoms with van der Waals surface area (Å²) < 4.78 is 56.8. The fourth-order valence-electron chi connectivity index (χ4n) is 4.62. The zero-order valence-corrected chi connectivity index (χ0v) is 25.2. The largest absolute Gasteiger partial charge is 0.530 e. The highest BCUT2D eigenvalue weighted by Crippen LogP contribution is 2.41. The Morgan fingerprint density at radius 1 is 1.09 bits per heavy atom. The molecule has 15 heteroatoms. The van der Waals surface area contributed by atoms with Crippen LogP contribution >= 0.6 is 11.6 Å². The van der Waals surface area contributed by atoms with Gasteiger partial charge in [-0.3, -0.25) is 0 Å². The van der Waals surface area contributed by atoms with Gasteiger partial charge in [-0.15, -0.1) is 0 Å². The molecule has 4 rings (SSSR count). The smallest absolute Gasteiger partial charge is 0.416 e. The molecule has 1 fully saturated rings. The number of carbonyl (C=O) groups excluding carboxylic acids is 1. The maximum Gasteiger partial charge on any atom is 0.416 e. The number of nitrogens with zero attached hydrogens (tertiary/aromatic N) is 5. The van der Waals surface area contributed by atoms with Gasteiger partial charge in [0.05, 0.1) is 32.9 Å². The van der Waals surface area contributed by atoms with Crippen molar-refractivity contribution in [3.63, 3.8) is 0 Å². The van der Waals surface area contributed by atoms with Crippen LogP contribution < -0.4 is 29.5 Å². The lowest BCUT2D eigenvalue weighted by atomic mass is 10.1. The van der Waals surface area contributed by atoms with Crippen LogP contribution in [0.25, 0.3) is 0 Å². The predicted octanol–water partition coefficient (Wildman–Crippen LogP) is 4.28. The average molecular weight is 638 g/mol. The van der Waals surface area contributed by atoms with Gasteiger partial charge >= 0.3 is 6.18 Å². The Balaban J connectivity index is 1.50.